The summed E-state index contributed by atoms with van der Waals surface area (Å²) in [5, 5.41) is 20.9. The molecule has 3 rings (SSSR count). The van der Waals surface area contributed by atoms with Crippen LogP contribution in [0, 0.1) is 10.1 Å². The van der Waals surface area contributed by atoms with Gasteiger partial charge in [0.25, 0.3) is 5.69 Å². The molecule has 0 bridgehead atoms. The number of quaternary nitrogens is 1. The molecule has 1 aliphatic rings. The molecule has 0 spiro atoms. The van der Waals surface area contributed by atoms with E-state index in [-0.39, 0.29) is 12.3 Å². The summed E-state index contributed by atoms with van der Waals surface area (Å²) in [6.07, 6.45) is -0.585. The smallest absolute Gasteiger partial charge is 0.269 e. The molecule has 0 amide bonds. The van der Waals surface area contributed by atoms with Crippen LogP contribution in [-0.4, -0.2) is 62.6 Å². The van der Waals surface area contributed by atoms with E-state index >= 15 is 0 Å². The molecule has 1 saturated heterocycles. The van der Waals surface area contributed by atoms with Gasteiger partial charge in [-0.3, -0.25) is 10.1 Å². The molecule has 0 radical (unpaired) electrons. The zero-order chi connectivity index (χ0) is 19.9. The molecule has 1 atom stereocenters. The van der Waals surface area contributed by atoms with Crippen molar-refractivity contribution in [2.45, 2.75) is 6.10 Å². The molecule has 0 unspecified atom stereocenters. The predicted molar refractivity (Wildman–Crippen MR) is 105 cm³/mol. The van der Waals surface area contributed by atoms with Crippen molar-refractivity contribution in [2.24, 2.45) is 0 Å². The highest BCUT2D eigenvalue weighted by atomic mass is 16.6. The monoisotopic (exact) mass is 388 g/mol. The molecule has 0 aliphatic carbocycles. The molecule has 0 saturated carbocycles. The fraction of sp³-hybridized carbons (Fsp3) is 0.400. The second kappa shape index (κ2) is 9.38. The molecule has 28 heavy (non-hydrogen) atoms. The first-order valence-electron chi connectivity index (χ1n) is 9.33. The number of nitro benzene ring substituents is 1. The summed E-state index contributed by atoms with van der Waals surface area (Å²) in [6.45, 7) is 4.53. The van der Waals surface area contributed by atoms with Gasteiger partial charge >= 0.3 is 0 Å². The molecule has 1 fully saturated rings. The number of ether oxygens (including phenoxy) is 2. The lowest BCUT2D eigenvalue weighted by Crippen LogP contribution is -3.16. The van der Waals surface area contributed by atoms with E-state index in [4.69, 9.17) is 9.47 Å². The van der Waals surface area contributed by atoms with Crippen molar-refractivity contribution in [3.63, 3.8) is 0 Å². The Hall–Kier alpha value is -2.84. The lowest BCUT2D eigenvalue weighted by Gasteiger charge is -2.34. The largest absolute Gasteiger partial charge is 0.497 e. The Bertz CT molecular complexity index is 758. The van der Waals surface area contributed by atoms with Crippen molar-refractivity contribution in [1.82, 2.24) is 0 Å². The van der Waals surface area contributed by atoms with Gasteiger partial charge in [0, 0.05) is 17.8 Å². The minimum absolute atomic E-state index is 0.0204. The number of anilines is 1. The van der Waals surface area contributed by atoms with Gasteiger partial charge in [-0.2, -0.15) is 0 Å². The molecule has 2 N–H and O–H groups in total. The number of rotatable bonds is 8. The maximum absolute atomic E-state index is 10.7. The molecule has 2 aromatic carbocycles. The van der Waals surface area contributed by atoms with E-state index in [1.807, 2.05) is 12.1 Å². The lowest BCUT2D eigenvalue weighted by atomic mass is 10.2. The SMILES string of the molecule is COc1ccc(N2CC[NH+](C[C@@H](O)COc3ccc([N+](=O)[O-])cc3)CC2)cc1. The van der Waals surface area contributed by atoms with Gasteiger partial charge in [0.2, 0.25) is 0 Å². The molecule has 0 aromatic heterocycles. The van der Waals surface area contributed by atoms with Crippen molar-refractivity contribution in [1.29, 1.82) is 0 Å². The number of hydrogen-bond donors (Lipinski definition) is 2. The van der Waals surface area contributed by atoms with Crippen LogP contribution in [0.3, 0.4) is 0 Å². The fourth-order valence-corrected chi connectivity index (χ4v) is 3.33. The summed E-state index contributed by atoms with van der Waals surface area (Å²) < 4.78 is 10.7. The van der Waals surface area contributed by atoms with E-state index in [1.165, 1.54) is 22.7 Å². The third-order valence-electron chi connectivity index (χ3n) is 4.92. The number of methoxy groups -OCH3 is 1. The predicted octanol–water partition coefficient (Wildman–Crippen LogP) is 0.748. The number of nitro groups is 1. The quantitative estimate of drug-likeness (QED) is 0.512. The maximum Gasteiger partial charge on any atom is 0.269 e. The van der Waals surface area contributed by atoms with E-state index in [0.717, 1.165) is 31.9 Å². The van der Waals surface area contributed by atoms with Gasteiger partial charge in [-0.05, 0) is 36.4 Å². The van der Waals surface area contributed by atoms with E-state index in [0.29, 0.717) is 12.3 Å². The van der Waals surface area contributed by atoms with Crippen LogP contribution in [0.15, 0.2) is 48.5 Å². The first-order valence-corrected chi connectivity index (χ1v) is 9.33. The molecule has 8 nitrogen and oxygen atoms in total. The number of non-ortho nitro benzene ring substituents is 1. The van der Waals surface area contributed by atoms with Gasteiger partial charge < -0.3 is 24.4 Å². The Kier molecular flexibility index (Phi) is 6.67. The average Bonchev–Trinajstić information content (AvgIpc) is 2.73. The zero-order valence-corrected chi connectivity index (χ0v) is 15.9. The van der Waals surface area contributed by atoms with Crippen molar-refractivity contribution in [3.05, 3.63) is 58.6 Å². The highest BCUT2D eigenvalue weighted by molar-refractivity contribution is 5.49. The summed E-state index contributed by atoms with van der Waals surface area (Å²) in [7, 11) is 1.66. The van der Waals surface area contributed by atoms with Gasteiger partial charge in [-0.1, -0.05) is 0 Å². The van der Waals surface area contributed by atoms with Gasteiger partial charge in [0.1, 0.15) is 30.8 Å². The normalized spacial score (nSPS) is 15.9. The lowest BCUT2D eigenvalue weighted by molar-refractivity contribution is -0.903. The standard InChI is InChI=1S/C20H25N3O5/c1-27-19-6-2-16(3-7-19)22-12-10-21(11-13-22)14-18(24)15-28-20-8-4-17(5-9-20)23(25)26/h2-9,18,24H,10-15H2,1H3/p+1/t18-/m1/s1. The van der Waals surface area contributed by atoms with Crippen LogP contribution in [0.5, 0.6) is 11.5 Å². The molecular weight excluding hydrogens is 362 g/mol. The summed E-state index contributed by atoms with van der Waals surface area (Å²) in [5.41, 5.74) is 1.20. The van der Waals surface area contributed by atoms with E-state index in [1.54, 1.807) is 19.2 Å². The van der Waals surface area contributed by atoms with E-state index in [2.05, 4.69) is 17.0 Å². The number of benzene rings is 2. The van der Waals surface area contributed by atoms with E-state index in [9.17, 15) is 15.2 Å². The van der Waals surface area contributed by atoms with E-state index < -0.39 is 11.0 Å². The van der Waals surface area contributed by atoms with Crippen molar-refractivity contribution < 1.29 is 24.4 Å². The minimum atomic E-state index is -0.585. The number of aliphatic hydroxyl groups excluding tert-OH is 1. The average molecular weight is 388 g/mol. The number of nitrogens with zero attached hydrogens (tertiary/aromatic N) is 2. The summed E-state index contributed by atoms with van der Waals surface area (Å²) in [6, 6.07) is 13.9. The third-order valence-corrected chi connectivity index (χ3v) is 4.92. The molecule has 8 heteroatoms. The van der Waals surface area contributed by atoms with Crippen molar-refractivity contribution in [2.75, 3.05) is 51.3 Å². The Morgan fingerprint density at radius 1 is 1.11 bits per heavy atom. The van der Waals surface area contributed by atoms with Gasteiger partial charge in [0.05, 0.1) is 38.2 Å². The number of nitrogens with one attached hydrogen (secondary N) is 1. The Balaban J connectivity index is 1.40. The van der Waals surface area contributed by atoms with Crippen molar-refractivity contribution >= 4 is 11.4 Å². The summed E-state index contributed by atoms with van der Waals surface area (Å²) in [4.78, 5) is 13.9. The number of piperazine rings is 1. The molecule has 1 heterocycles. The minimum Gasteiger partial charge on any atom is -0.497 e. The number of hydrogen-bond acceptors (Lipinski definition) is 6. The molecule has 1 aliphatic heterocycles. The molecule has 150 valence electrons. The first-order chi connectivity index (χ1) is 13.5. The summed E-state index contributed by atoms with van der Waals surface area (Å²) >= 11 is 0. The third kappa shape index (κ3) is 5.34. The molecular formula is C20H26N3O5+. The highest BCUT2D eigenvalue weighted by Crippen LogP contribution is 2.19. The highest BCUT2D eigenvalue weighted by Gasteiger charge is 2.23. The Morgan fingerprint density at radius 3 is 2.29 bits per heavy atom. The van der Waals surface area contributed by atoms with Crippen LogP contribution in [0.4, 0.5) is 11.4 Å². The van der Waals surface area contributed by atoms with Crippen LogP contribution in [0.25, 0.3) is 0 Å². The fourth-order valence-electron chi connectivity index (χ4n) is 3.33. The van der Waals surface area contributed by atoms with Gasteiger partial charge in [-0.25, -0.2) is 0 Å². The topological polar surface area (TPSA) is 89.5 Å². The Labute approximate surface area is 164 Å². The van der Waals surface area contributed by atoms with Crippen LogP contribution in [0.1, 0.15) is 0 Å². The molecule has 2 aromatic rings. The van der Waals surface area contributed by atoms with Gasteiger partial charge in [0.15, 0.2) is 0 Å². The van der Waals surface area contributed by atoms with Crippen molar-refractivity contribution in [3.8, 4) is 11.5 Å². The Morgan fingerprint density at radius 2 is 1.71 bits per heavy atom. The maximum atomic E-state index is 10.7. The zero-order valence-electron chi connectivity index (χ0n) is 15.9. The first kappa shape index (κ1) is 19.9. The van der Waals surface area contributed by atoms with Crippen LogP contribution < -0.4 is 19.3 Å². The summed E-state index contributed by atoms with van der Waals surface area (Å²) in [5.74, 6) is 1.37. The number of aliphatic hydroxyl groups is 1. The van der Waals surface area contributed by atoms with Gasteiger partial charge in [-0.15, -0.1) is 0 Å². The second-order valence-electron chi connectivity index (χ2n) is 6.86. The van der Waals surface area contributed by atoms with Crippen LogP contribution in [0.2, 0.25) is 0 Å². The van der Waals surface area contributed by atoms with Crippen LogP contribution >= 0.6 is 0 Å². The second-order valence-corrected chi connectivity index (χ2v) is 6.86. The van der Waals surface area contributed by atoms with Crippen LogP contribution in [-0.2, 0) is 0 Å².